The second-order valence-electron chi connectivity index (χ2n) is 4.17. The molecule has 0 spiro atoms. The van der Waals surface area contributed by atoms with E-state index in [2.05, 4.69) is 43.5 Å². The fourth-order valence-electron chi connectivity index (χ4n) is 1.60. The zero-order chi connectivity index (χ0) is 14.5. The average molecular weight is 340 g/mol. The third-order valence-corrected chi connectivity index (χ3v) is 3.15. The van der Waals surface area contributed by atoms with Crippen molar-refractivity contribution >= 4 is 39.2 Å². The lowest BCUT2D eigenvalue weighted by atomic mass is 10.3. The van der Waals surface area contributed by atoms with Crippen LogP contribution in [0.1, 0.15) is 13.3 Å². The number of nitrogens with two attached hydrogens (primary N) is 1. The van der Waals surface area contributed by atoms with Crippen LogP contribution in [-0.2, 0) is 0 Å². The molecule has 1 aromatic heterocycles. The van der Waals surface area contributed by atoms with Gasteiger partial charge in [-0.1, -0.05) is 6.92 Å². The van der Waals surface area contributed by atoms with Crippen molar-refractivity contribution in [2.75, 3.05) is 22.9 Å². The normalized spacial score (nSPS) is 10.3. The molecule has 0 radical (unpaired) electrons. The second-order valence-corrected chi connectivity index (χ2v) is 5.03. The first kappa shape index (κ1) is 14.5. The molecule has 0 aliphatic carbocycles. The molecule has 2 aromatic rings. The maximum Gasteiger partial charge on any atom is 0.223 e. The summed E-state index contributed by atoms with van der Waals surface area (Å²) in [5.74, 6) is 1.06. The van der Waals surface area contributed by atoms with Gasteiger partial charge >= 0.3 is 0 Å². The van der Waals surface area contributed by atoms with E-state index < -0.39 is 0 Å². The number of nitrogens with zero attached hydrogens (tertiary/aromatic N) is 2. The summed E-state index contributed by atoms with van der Waals surface area (Å²) in [5.41, 5.74) is 6.37. The first-order valence-electron chi connectivity index (χ1n) is 6.19. The summed E-state index contributed by atoms with van der Waals surface area (Å²) in [6.45, 7) is 2.86. The molecular formula is C13H15BrFN5. The van der Waals surface area contributed by atoms with Crippen molar-refractivity contribution in [1.82, 2.24) is 9.97 Å². The topological polar surface area (TPSA) is 75.9 Å². The highest BCUT2D eigenvalue weighted by Gasteiger charge is 2.06. The predicted molar refractivity (Wildman–Crippen MR) is 82.6 cm³/mol. The quantitative estimate of drug-likeness (QED) is 0.776. The molecule has 0 unspecified atom stereocenters. The average Bonchev–Trinajstić information content (AvgIpc) is 2.39. The number of hydrogen-bond donors (Lipinski definition) is 3. The lowest BCUT2D eigenvalue weighted by Gasteiger charge is -2.10. The number of anilines is 4. The maximum atomic E-state index is 13.0. The van der Waals surface area contributed by atoms with Crippen LogP contribution in [0.2, 0.25) is 0 Å². The molecule has 0 saturated heterocycles. The Bertz CT molecular complexity index is 605. The van der Waals surface area contributed by atoms with Gasteiger partial charge < -0.3 is 16.4 Å². The molecule has 4 N–H and O–H groups in total. The number of nitrogen functional groups attached to an aromatic ring is 1. The maximum absolute atomic E-state index is 13.0. The molecule has 0 atom stereocenters. The first-order chi connectivity index (χ1) is 9.58. The molecule has 0 amide bonds. The van der Waals surface area contributed by atoms with Crippen LogP contribution in [-0.4, -0.2) is 16.5 Å². The van der Waals surface area contributed by atoms with Crippen LogP contribution in [0.4, 0.5) is 27.7 Å². The molecule has 2 rings (SSSR count). The number of hydrogen-bond acceptors (Lipinski definition) is 5. The van der Waals surface area contributed by atoms with Crippen molar-refractivity contribution in [1.29, 1.82) is 0 Å². The Morgan fingerprint density at radius 3 is 2.70 bits per heavy atom. The number of aromatic nitrogens is 2. The Balaban J connectivity index is 2.21. The van der Waals surface area contributed by atoms with Crippen molar-refractivity contribution in [2.45, 2.75) is 13.3 Å². The predicted octanol–water partition coefficient (Wildman–Crippen LogP) is 3.53. The van der Waals surface area contributed by atoms with E-state index in [-0.39, 0.29) is 11.8 Å². The van der Waals surface area contributed by atoms with Crippen molar-refractivity contribution < 1.29 is 4.39 Å². The van der Waals surface area contributed by atoms with Crippen LogP contribution < -0.4 is 16.4 Å². The van der Waals surface area contributed by atoms with E-state index in [4.69, 9.17) is 5.73 Å². The third kappa shape index (κ3) is 3.80. The largest absolute Gasteiger partial charge is 0.370 e. The monoisotopic (exact) mass is 339 g/mol. The Morgan fingerprint density at radius 1 is 1.25 bits per heavy atom. The zero-order valence-electron chi connectivity index (χ0n) is 11.0. The van der Waals surface area contributed by atoms with Crippen molar-refractivity contribution in [2.24, 2.45) is 0 Å². The van der Waals surface area contributed by atoms with E-state index in [0.29, 0.717) is 21.8 Å². The van der Waals surface area contributed by atoms with Gasteiger partial charge in [-0.25, -0.2) is 4.39 Å². The van der Waals surface area contributed by atoms with E-state index in [9.17, 15) is 4.39 Å². The van der Waals surface area contributed by atoms with Crippen molar-refractivity contribution in [3.8, 4) is 0 Å². The van der Waals surface area contributed by atoms with E-state index in [1.165, 1.54) is 12.1 Å². The summed E-state index contributed by atoms with van der Waals surface area (Å²) >= 11 is 3.29. The fraction of sp³-hybridized carbons (Fsp3) is 0.231. The van der Waals surface area contributed by atoms with Gasteiger partial charge in [0.2, 0.25) is 5.95 Å². The molecule has 0 saturated carbocycles. The SMILES string of the molecule is CCCNc1cc(Nc2ccc(F)cc2Br)nc(N)n1. The highest BCUT2D eigenvalue weighted by Crippen LogP contribution is 2.26. The van der Waals surface area contributed by atoms with Gasteiger partial charge in [0, 0.05) is 17.1 Å². The molecule has 1 heterocycles. The van der Waals surface area contributed by atoms with E-state index in [0.717, 1.165) is 13.0 Å². The van der Waals surface area contributed by atoms with Crippen LogP contribution in [0.3, 0.4) is 0 Å². The third-order valence-electron chi connectivity index (χ3n) is 2.49. The van der Waals surface area contributed by atoms with Gasteiger partial charge in [0.15, 0.2) is 0 Å². The van der Waals surface area contributed by atoms with Crippen LogP contribution in [0.15, 0.2) is 28.7 Å². The zero-order valence-corrected chi connectivity index (χ0v) is 12.5. The van der Waals surface area contributed by atoms with Gasteiger partial charge in [-0.2, -0.15) is 9.97 Å². The molecule has 20 heavy (non-hydrogen) atoms. The summed E-state index contributed by atoms with van der Waals surface area (Å²) in [6.07, 6.45) is 0.982. The van der Waals surface area contributed by atoms with Crippen LogP contribution in [0, 0.1) is 5.82 Å². The Morgan fingerprint density at radius 2 is 2.00 bits per heavy atom. The summed E-state index contributed by atoms with van der Waals surface area (Å²) in [7, 11) is 0. The smallest absolute Gasteiger partial charge is 0.223 e. The van der Waals surface area contributed by atoms with Crippen LogP contribution >= 0.6 is 15.9 Å². The molecule has 0 bridgehead atoms. The standard InChI is InChI=1S/C13H15BrFN5/c1-2-5-17-11-7-12(20-13(16)19-11)18-10-4-3-8(15)6-9(10)14/h3-4,6-7H,2,5H2,1H3,(H4,16,17,18,19,20). The first-order valence-corrected chi connectivity index (χ1v) is 6.98. The number of benzene rings is 1. The van der Waals surface area contributed by atoms with Gasteiger partial charge in [0.05, 0.1) is 5.69 Å². The van der Waals surface area contributed by atoms with Crippen LogP contribution in [0.5, 0.6) is 0 Å². The molecule has 0 aliphatic rings. The Labute approximate surface area is 124 Å². The van der Waals surface area contributed by atoms with E-state index in [1.807, 2.05) is 0 Å². The Hall–Kier alpha value is -1.89. The highest BCUT2D eigenvalue weighted by molar-refractivity contribution is 9.10. The Kier molecular flexibility index (Phi) is 4.73. The molecule has 0 aliphatic heterocycles. The van der Waals surface area contributed by atoms with Gasteiger partial charge in [-0.3, -0.25) is 0 Å². The number of nitrogens with one attached hydrogen (secondary N) is 2. The lowest BCUT2D eigenvalue weighted by molar-refractivity contribution is 0.627. The van der Waals surface area contributed by atoms with Gasteiger partial charge in [-0.05, 0) is 40.5 Å². The van der Waals surface area contributed by atoms with Gasteiger partial charge in [0.25, 0.3) is 0 Å². The highest BCUT2D eigenvalue weighted by atomic mass is 79.9. The minimum atomic E-state index is -0.310. The summed E-state index contributed by atoms with van der Waals surface area (Å²) in [4.78, 5) is 8.20. The summed E-state index contributed by atoms with van der Waals surface area (Å²) in [6, 6.07) is 6.12. The molecule has 106 valence electrons. The van der Waals surface area contributed by atoms with Crippen LogP contribution in [0.25, 0.3) is 0 Å². The molecular weight excluding hydrogens is 325 g/mol. The van der Waals surface area contributed by atoms with Gasteiger partial charge in [0.1, 0.15) is 17.5 Å². The minimum absolute atomic E-state index is 0.173. The molecule has 7 heteroatoms. The van der Waals surface area contributed by atoms with E-state index in [1.54, 1.807) is 12.1 Å². The number of halogens is 2. The van der Waals surface area contributed by atoms with Crippen molar-refractivity contribution in [3.63, 3.8) is 0 Å². The lowest BCUT2D eigenvalue weighted by Crippen LogP contribution is -2.07. The van der Waals surface area contributed by atoms with Gasteiger partial charge in [-0.15, -0.1) is 0 Å². The molecule has 0 fully saturated rings. The molecule has 1 aromatic carbocycles. The van der Waals surface area contributed by atoms with E-state index >= 15 is 0 Å². The van der Waals surface area contributed by atoms with Crippen molar-refractivity contribution in [3.05, 3.63) is 34.6 Å². The molecule has 5 nitrogen and oxygen atoms in total. The summed E-state index contributed by atoms with van der Waals surface area (Å²) in [5, 5.41) is 6.21. The minimum Gasteiger partial charge on any atom is -0.370 e. The second kappa shape index (κ2) is 6.51. The number of rotatable bonds is 5. The fourth-order valence-corrected chi connectivity index (χ4v) is 2.05. The summed E-state index contributed by atoms with van der Waals surface area (Å²) < 4.78 is 13.6.